The van der Waals surface area contributed by atoms with Crippen LogP contribution in [0.5, 0.6) is 0 Å². The molecule has 21 heavy (non-hydrogen) atoms. The normalized spacial score (nSPS) is 24.1. The van der Waals surface area contributed by atoms with Crippen molar-refractivity contribution >= 4 is 7.26 Å². The molecule has 1 saturated heterocycles. The first-order chi connectivity index (χ1) is 10.3. The predicted molar refractivity (Wildman–Crippen MR) is 95.6 cm³/mol. The standard InChI is InChI=1S/C20H26P/c1-3-21(4-2)19(17-11-7-5-8-12-17)15-16-20(21)18-13-9-6-10-14-18/h5-14,19-20H,3-4,15-16H2,1-2H3/q+1/t19-,20-/m0/s1. The van der Waals surface area contributed by atoms with E-state index in [-0.39, 0.29) is 0 Å². The quantitative estimate of drug-likeness (QED) is 0.579. The molecule has 1 heterocycles. The van der Waals surface area contributed by atoms with Crippen molar-refractivity contribution in [2.75, 3.05) is 12.3 Å². The third kappa shape index (κ3) is 2.55. The minimum atomic E-state index is -0.973. The van der Waals surface area contributed by atoms with Crippen molar-refractivity contribution in [2.45, 2.75) is 38.0 Å². The highest BCUT2D eigenvalue weighted by molar-refractivity contribution is 7.76. The molecule has 2 aromatic carbocycles. The molecular weight excluding hydrogens is 271 g/mol. The lowest BCUT2D eigenvalue weighted by atomic mass is 10.0. The van der Waals surface area contributed by atoms with E-state index in [1.165, 1.54) is 25.2 Å². The highest BCUT2D eigenvalue weighted by Crippen LogP contribution is 2.84. The van der Waals surface area contributed by atoms with Crippen molar-refractivity contribution in [1.29, 1.82) is 0 Å². The van der Waals surface area contributed by atoms with Gasteiger partial charge in [-0.05, 0) is 37.8 Å². The van der Waals surface area contributed by atoms with Crippen LogP contribution in [0.4, 0.5) is 0 Å². The molecule has 0 saturated carbocycles. The van der Waals surface area contributed by atoms with Crippen molar-refractivity contribution < 1.29 is 0 Å². The fraction of sp³-hybridized carbons (Fsp3) is 0.400. The Kier molecular flexibility index (Phi) is 4.45. The summed E-state index contributed by atoms with van der Waals surface area (Å²) in [6.07, 6.45) is 5.50. The molecule has 0 N–H and O–H groups in total. The lowest BCUT2D eigenvalue weighted by Gasteiger charge is -2.33. The van der Waals surface area contributed by atoms with Gasteiger partial charge in [0.1, 0.15) is 0 Å². The number of hydrogen-bond donors (Lipinski definition) is 0. The van der Waals surface area contributed by atoms with Crippen LogP contribution in [0.15, 0.2) is 60.7 Å². The first kappa shape index (κ1) is 14.8. The van der Waals surface area contributed by atoms with Gasteiger partial charge >= 0.3 is 0 Å². The molecule has 0 aromatic heterocycles. The minimum Gasteiger partial charge on any atom is -0.0622 e. The number of hydrogen-bond acceptors (Lipinski definition) is 0. The monoisotopic (exact) mass is 297 g/mol. The summed E-state index contributed by atoms with van der Waals surface area (Å²) in [5.74, 6) is 0. The van der Waals surface area contributed by atoms with E-state index in [0.717, 1.165) is 11.3 Å². The topological polar surface area (TPSA) is 0 Å². The summed E-state index contributed by atoms with van der Waals surface area (Å²) in [6, 6.07) is 22.6. The maximum atomic E-state index is 2.44. The summed E-state index contributed by atoms with van der Waals surface area (Å²) in [5.41, 5.74) is 4.82. The van der Waals surface area contributed by atoms with Gasteiger partial charge in [0.2, 0.25) is 0 Å². The van der Waals surface area contributed by atoms with E-state index < -0.39 is 7.26 Å². The summed E-state index contributed by atoms with van der Waals surface area (Å²) in [5, 5.41) is 0. The number of rotatable bonds is 4. The molecule has 2 aromatic rings. The third-order valence-electron chi connectivity index (χ3n) is 5.50. The van der Waals surface area contributed by atoms with Crippen LogP contribution in [0, 0.1) is 0 Å². The molecular formula is C20H26P+. The van der Waals surface area contributed by atoms with Crippen LogP contribution in [0.25, 0.3) is 0 Å². The van der Waals surface area contributed by atoms with Crippen LogP contribution in [-0.2, 0) is 0 Å². The molecule has 2 atom stereocenters. The molecule has 0 spiro atoms. The van der Waals surface area contributed by atoms with Gasteiger partial charge in [-0.3, -0.25) is 0 Å². The van der Waals surface area contributed by atoms with Crippen LogP contribution in [-0.4, -0.2) is 12.3 Å². The van der Waals surface area contributed by atoms with Crippen molar-refractivity contribution in [3.05, 3.63) is 71.8 Å². The number of benzene rings is 2. The Balaban J connectivity index is 2.01. The molecule has 1 fully saturated rings. The molecule has 0 nitrogen and oxygen atoms in total. The Morgan fingerprint density at radius 3 is 1.43 bits per heavy atom. The van der Waals surface area contributed by atoms with E-state index in [9.17, 15) is 0 Å². The minimum absolute atomic E-state index is 0.818. The van der Waals surface area contributed by atoms with Gasteiger partial charge < -0.3 is 0 Å². The van der Waals surface area contributed by atoms with E-state index >= 15 is 0 Å². The smallest absolute Gasteiger partial charge is 0.0622 e. The maximum Gasteiger partial charge on any atom is 0.0952 e. The van der Waals surface area contributed by atoms with Gasteiger partial charge in [0.25, 0.3) is 0 Å². The highest BCUT2D eigenvalue weighted by Gasteiger charge is 2.55. The van der Waals surface area contributed by atoms with Gasteiger partial charge in [-0.2, -0.15) is 0 Å². The van der Waals surface area contributed by atoms with Gasteiger partial charge in [0.15, 0.2) is 0 Å². The zero-order valence-electron chi connectivity index (χ0n) is 13.2. The summed E-state index contributed by atoms with van der Waals surface area (Å²) in [6.45, 7) is 4.88. The van der Waals surface area contributed by atoms with Crippen LogP contribution in [0.1, 0.15) is 49.1 Å². The molecule has 3 rings (SSSR count). The lowest BCUT2D eigenvalue weighted by molar-refractivity contribution is 0.765. The Morgan fingerprint density at radius 2 is 1.10 bits per heavy atom. The molecule has 1 aliphatic heterocycles. The largest absolute Gasteiger partial charge is 0.0952 e. The van der Waals surface area contributed by atoms with Crippen LogP contribution >= 0.6 is 7.26 Å². The zero-order chi connectivity index (χ0) is 14.7. The molecule has 0 amide bonds. The molecule has 0 bridgehead atoms. The van der Waals surface area contributed by atoms with Crippen molar-refractivity contribution in [3.63, 3.8) is 0 Å². The second-order valence-corrected chi connectivity index (χ2v) is 10.9. The molecule has 1 heteroatoms. The van der Waals surface area contributed by atoms with E-state index in [4.69, 9.17) is 0 Å². The Bertz CT molecular complexity index is 507. The van der Waals surface area contributed by atoms with E-state index in [1.54, 1.807) is 11.1 Å². The van der Waals surface area contributed by atoms with Gasteiger partial charge in [-0.25, -0.2) is 0 Å². The van der Waals surface area contributed by atoms with Crippen molar-refractivity contribution in [3.8, 4) is 0 Å². The van der Waals surface area contributed by atoms with Gasteiger partial charge in [0, 0.05) is 7.26 Å². The van der Waals surface area contributed by atoms with Crippen LogP contribution in [0.2, 0.25) is 0 Å². The van der Waals surface area contributed by atoms with Gasteiger partial charge in [-0.15, -0.1) is 0 Å². The van der Waals surface area contributed by atoms with E-state index in [0.29, 0.717) is 0 Å². The Morgan fingerprint density at radius 1 is 0.714 bits per heavy atom. The first-order valence-corrected chi connectivity index (χ1v) is 10.6. The highest BCUT2D eigenvalue weighted by atomic mass is 31.2. The lowest BCUT2D eigenvalue weighted by Crippen LogP contribution is -2.10. The van der Waals surface area contributed by atoms with Crippen LogP contribution in [0.3, 0.4) is 0 Å². The van der Waals surface area contributed by atoms with Crippen LogP contribution < -0.4 is 0 Å². The molecule has 0 aliphatic carbocycles. The zero-order valence-corrected chi connectivity index (χ0v) is 14.1. The summed E-state index contributed by atoms with van der Waals surface area (Å²) in [7, 11) is -0.973. The average Bonchev–Trinajstić information content (AvgIpc) is 2.96. The first-order valence-electron chi connectivity index (χ1n) is 8.28. The molecule has 110 valence electrons. The molecule has 1 aliphatic rings. The fourth-order valence-corrected chi connectivity index (χ4v) is 9.93. The summed E-state index contributed by atoms with van der Waals surface area (Å²) in [4.78, 5) is 0. The fourth-order valence-electron chi connectivity index (χ4n) is 4.43. The van der Waals surface area contributed by atoms with Crippen molar-refractivity contribution in [1.82, 2.24) is 0 Å². The predicted octanol–water partition coefficient (Wildman–Crippen LogP) is 6.32. The second-order valence-electron chi connectivity index (χ2n) is 6.17. The molecule has 0 radical (unpaired) electrons. The SMILES string of the molecule is CC[P+]1(CC)[C@H](c2ccccc2)CC[C@H]1c1ccccc1. The van der Waals surface area contributed by atoms with E-state index in [2.05, 4.69) is 74.5 Å². The summed E-state index contributed by atoms with van der Waals surface area (Å²) >= 11 is 0. The van der Waals surface area contributed by atoms with Crippen molar-refractivity contribution in [2.24, 2.45) is 0 Å². The van der Waals surface area contributed by atoms with Gasteiger partial charge in [0.05, 0.1) is 23.6 Å². The van der Waals surface area contributed by atoms with E-state index in [1.807, 2.05) is 0 Å². The third-order valence-corrected chi connectivity index (χ3v) is 11.5. The van der Waals surface area contributed by atoms with Gasteiger partial charge in [-0.1, -0.05) is 60.7 Å². The maximum absolute atomic E-state index is 2.44. The average molecular weight is 297 g/mol. The summed E-state index contributed by atoms with van der Waals surface area (Å²) < 4.78 is 0. The Hall–Kier alpha value is -1.13. The molecule has 0 unspecified atom stereocenters. The second kappa shape index (κ2) is 6.32. The Labute approximate surface area is 129 Å².